The lowest BCUT2D eigenvalue weighted by Gasteiger charge is -1.97. The molecule has 1 aromatic carbocycles. The first kappa shape index (κ1) is 9.58. The molecule has 0 unspecified atom stereocenters. The molecule has 0 saturated carbocycles. The first-order valence-electron chi connectivity index (χ1n) is 4.59. The van der Waals surface area contributed by atoms with Gasteiger partial charge in [0.05, 0.1) is 16.8 Å². The van der Waals surface area contributed by atoms with Gasteiger partial charge in [-0.15, -0.1) is 0 Å². The van der Waals surface area contributed by atoms with Gasteiger partial charge in [0, 0.05) is 5.71 Å². The Morgan fingerprint density at radius 3 is 2.47 bits per heavy atom. The fraction of sp³-hybridized carbons (Fsp3) is 0.182. The predicted molar refractivity (Wildman–Crippen MR) is 56.7 cm³/mol. The molecule has 76 valence electrons. The highest BCUT2D eigenvalue weighted by molar-refractivity contribution is 6.21. The van der Waals surface area contributed by atoms with Crippen LogP contribution < -0.4 is 5.32 Å². The van der Waals surface area contributed by atoms with Gasteiger partial charge in [0.15, 0.2) is 0 Å². The van der Waals surface area contributed by atoms with Crippen LogP contribution in [0.2, 0.25) is 0 Å². The maximum Gasteiger partial charge on any atom is 0.259 e. The molecule has 0 aromatic heterocycles. The normalized spacial score (nSPS) is 13.5. The summed E-state index contributed by atoms with van der Waals surface area (Å²) in [5.74, 6) is -0.681. The Bertz CT molecular complexity index is 485. The molecule has 2 rings (SSSR count). The van der Waals surface area contributed by atoms with Crippen LogP contribution >= 0.6 is 0 Å². The van der Waals surface area contributed by atoms with Crippen LogP contribution in [-0.4, -0.2) is 17.5 Å². The van der Waals surface area contributed by atoms with Crippen LogP contribution in [0.25, 0.3) is 0 Å². The van der Waals surface area contributed by atoms with Gasteiger partial charge in [-0.3, -0.25) is 19.9 Å². The molecule has 1 N–H and O–H groups in total. The van der Waals surface area contributed by atoms with E-state index in [1.165, 1.54) is 0 Å². The number of carbonyl (C=O) groups excluding carboxylic acids is 2. The van der Waals surface area contributed by atoms with Crippen molar-refractivity contribution in [2.75, 3.05) is 0 Å². The van der Waals surface area contributed by atoms with Gasteiger partial charge in [-0.05, 0) is 32.0 Å². The fourth-order valence-corrected chi connectivity index (χ4v) is 1.48. The lowest BCUT2D eigenvalue weighted by Crippen LogP contribution is -2.19. The lowest BCUT2D eigenvalue weighted by molar-refractivity contribution is 0.0879. The molecular formula is C11H10N2O2. The molecule has 1 heterocycles. The van der Waals surface area contributed by atoms with E-state index in [1.807, 2.05) is 13.8 Å². The zero-order chi connectivity index (χ0) is 11.0. The number of nitrogens with one attached hydrogen (secondary N) is 1. The molecule has 1 aromatic rings. The quantitative estimate of drug-likeness (QED) is 0.556. The third-order valence-corrected chi connectivity index (χ3v) is 2.07. The maximum absolute atomic E-state index is 11.3. The minimum atomic E-state index is -0.346. The van der Waals surface area contributed by atoms with Crippen LogP contribution in [0, 0.1) is 0 Å². The van der Waals surface area contributed by atoms with Crippen molar-refractivity contribution in [1.29, 1.82) is 0 Å². The van der Waals surface area contributed by atoms with Crippen molar-refractivity contribution in [2.24, 2.45) is 4.99 Å². The Morgan fingerprint density at radius 1 is 1.13 bits per heavy atom. The minimum Gasteiger partial charge on any atom is -0.288 e. The molecule has 0 radical (unpaired) electrons. The average Bonchev–Trinajstić information content (AvgIpc) is 2.41. The first-order valence-corrected chi connectivity index (χ1v) is 4.59. The number of nitrogens with zero attached hydrogens (tertiary/aromatic N) is 1. The number of benzene rings is 1. The van der Waals surface area contributed by atoms with E-state index in [-0.39, 0.29) is 11.8 Å². The van der Waals surface area contributed by atoms with Gasteiger partial charge in [0.1, 0.15) is 0 Å². The summed E-state index contributed by atoms with van der Waals surface area (Å²) in [7, 11) is 0. The summed E-state index contributed by atoms with van der Waals surface area (Å²) in [6.07, 6.45) is 0. The van der Waals surface area contributed by atoms with Crippen LogP contribution in [-0.2, 0) is 0 Å². The van der Waals surface area contributed by atoms with Crippen molar-refractivity contribution in [1.82, 2.24) is 5.32 Å². The molecule has 1 aliphatic heterocycles. The second-order valence-electron chi connectivity index (χ2n) is 3.57. The Labute approximate surface area is 87.0 Å². The van der Waals surface area contributed by atoms with E-state index in [1.54, 1.807) is 18.2 Å². The Kier molecular flexibility index (Phi) is 2.11. The highest BCUT2D eigenvalue weighted by atomic mass is 16.2. The molecule has 4 nitrogen and oxygen atoms in total. The summed E-state index contributed by atoms with van der Waals surface area (Å²) in [5.41, 5.74) is 2.42. The van der Waals surface area contributed by atoms with Crippen molar-refractivity contribution in [2.45, 2.75) is 13.8 Å². The number of fused-ring (bicyclic) bond motifs is 1. The van der Waals surface area contributed by atoms with Crippen LogP contribution in [0.3, 0.4) is 0 Å². The third kappa shape index (κ3) is 1.66. The monoisotopic (exact) mass is 202 g/mol. The molecular weight excluding hydrogens is 192 g/mol. The molecule has 2 amide bonds. The van der Waals surface area contributed by atoms with Gasteiger partial charge in [-0.25, -0.2) is 0 Å². The van der Waals surface area contributed by atoms with E-state index in [0.29, 0.717) is 16.8 Å². The second-order valence-corrected chi connectivity index (χ2v) is 3.57. The largest absolute Gasteiger partial charge is 0.288 e. The molecule has 15 heavy (non-hydrogen) atoms. The predicted octanol–water partition coefficient (Wildman–Crippen LogP) is 1.68. The highest BCUT2D eigenvalue weighted by Crippen LogP contribution is 2.22. The van der Waals surface area contributed by atoms with Crippen molar-refractivity contribution in [3.8, 4) is 0 Å². The summed E-state index contributed by atoms with van der Waals surface area (Å²) in [6, 6.07) is 4.98. The maximum atomic E-state index is 11.3. The number of amides is 2. The Morgan fingerprint density at radius 2 is 1.80 bits per heavy atom. The first-order chi connectivity index (χ1) is 7.08. The van der Waals surface area contributed by atoms with E-state index in [2.05, 4.69) is 10.3 Å². The van der Waals surface area contributed by atoms with E-state index in [0.717, 1.165) is 5.71 Å². The third-order valence-electron chi connectivity index (χ3n) is 2.07. The molecule has 0 aliphatic carbocycles. The smallest absolute Gasteiger partial charge is 0.259 e. The number of aliphatic imine (C=N–C) groups is 1. The van der Waals surface area contributed by atoms with E-state index < -0.39 is 0 Å². The number of imide groups is 1. The van der Waals surface area contributed by atoms with Crippen LogP contribution in [0.5, 0.6) is 0 Å². The SMILES string of the molecule is CC(C)=Nc1ccc2c(c1)C(=O)NC2=O. The van der Waals surface area contributed by atoms with E-state index in [9.17, 15) is 9.59 Å². The Balaban J connectivity index is 2.52. The van der Waals surface area contributed by atoms with Gasteiger partial charge in [0.2, 0.25) is 0 Å². The molecule has 0 atom stereocenters. The summed E-state index contributed by atoms with van der Waals surface area (Å²) in [5, 5.41) is 2.24. The molecule has 1 aliphatic rings. The van der Waals surface area contributed by atoms with E-state index >= 15 is 0 Å². The average molecular weight is 202 g/mol. The standard InChI is InChI=1S/C11H10N2O2/c1-6(2)12-7-3-4-8-9(5-7)11(15)13-10(8)14/h3-5H,1-2H3,(H,13,14,15). The van der Waals surface area contributed by atoms with Gasteiger partial charge >= 0.3 is 0 Å². The minimum absolute atomic E-state index is 0.334. The number of rotatable bonds is 1. The molecule has 0 spiro atoms. The second kappa shape index (κ2) is 3.31. The van der Waals surface area contributed by atoms with Crippen LogP contribution in [0.1, 0.15) is 34.6 Å². The number of hydrogen-bond donors (Lipinski definition) is 1. The summed E-state index contributed by atoms with van der Waals surface area (Å²) in [4.78, 5) is 26.8. The van der Waals surface area contributed by atoms with Crippen LogP contribution in [0.15, 0.2) is 23.2 Å². The number of hydrogen-bond acceptors (Lipinski definition) is 3. The highest BCUT2D eigenvalue weighted by Gasteiger charge is 2.26. The van der Waals surface area contributed by atoms with Crippen molar-refractivity contribution < 1.29 is 9.59 Å². The van der Waals surface area contributed by atoms with Crippen LogP contribution in [0.4, 0.5) is 5.69 Å². The van der Waals surface area contributed by atoms with Gasteiger partial charge in [0.25, 0.3) is 11.8 Å². The summed E-state index contributed by atoms with van der Waals surface area (Å²) in [6.45, 7) is 3.75. The molecule has 4 heteroatoms. The zero-order valence-corrected chi connectivity index (χ0v) is 8.50. The Hall–Kier alpha value is -1.97. The topological polar surface area (TPSA) is 58.5 Å². The van der Waals surface area contributed by atoms with E-state index in [4.69, 9.17) is 0 Å². The molecule has 0 bridgehead atoms. The lowest BCUT2D eigenvalue weighted by atomic mass is 10.1. The van der Waals surface area contributed by atoms with Crippen molar-refractivity contribution in [3.63, 3.8) is 0 Å². The number of carbonyl (C=O) groups is 2. The fourth-order valence-electron chi connectivity index (χ4n) is 1.48. The molecule has 0 saturated heterocycles. The van der Waals surface area contributed by atoms with Gasteiger partial charge in [-0.2, -0.15) is 0 Å². The summed E-state index contributed by atoms with van der Waals surface area (Å²) >= 11 is 0. The molecule has 0 fully saturated rings. The zero-order valence-electron chi connectivity index (χ0n) is 8.50. The van der Waals surface area contributed by atoms with Crippen molar-refractivity contribution in [3.05, 3.63) is 29.3 Å². The van der Waals surface area contributed by atoms with Gasteiger partial charge in [-0.1, -0.05) is 0 Å². The summed E-state index contributed by atoms with van der Waals surface area (Å²) < 4.78 is 0. The van der Waals surface area contributed by atoms with Gasteiger partial charge < -0.3 is 0 Å². The van der Waals surface area contributed by atoms with Crippen molar-refractivity contribution >= 4 is 23.2 Å².